The summed E-state index contributed by atoms with van der Waals surface area (Å²) < 4.78 is 0. The van der Waals surface area contributed by atoms with E-state index >= 15 is 0 Å². The summed E-state index contributed by atoms with van der Waals surface area (Å²) in [6.07, 6.45) is 5.02. The molecule has 13 heavy (non-hydrogen) atoms. The second-order valence-corrected chi connectivity index (χ2v) is 3.73. The molecular weight excluding hydrogens is 156 g/mol. The van der Waals surface area contributed by atoms with Gasteiger partial charge in [-0.2, -0.15) is 0 Å². The van der Waals surface area contributed by atoms with E-state index in [1.54, 1.807) is 5.56 Å². The quantitative estimate of drug-likeness (QED) is 0.652. The van der Waals surface area contributed by atoms with Crippen LogP contribution in [0.5, 0.6) is 0 Å². The first kappa shape index (κ1) is 10.3. The number of hydrogen-bond donors (Lipinski definition) is 0. The molecule has 0 saturated heterocycles. The van der Waals surface area contributed by atoms with Crippen molar-refractivity contribution in [3.05, 3.63) is 34.9 Å². The summed E-state index contributed by atoms with van der Waals surface area (Å²) >= 11 is 0. The molecule has 0 aliphatic carbocycles. The van der Waals surface area contributed by atoms with Gasteiger partial charge in [0.25, 0.3) is 0 Å². The largest absolute Gasteiger partial charge is 0.0654 e. The third kappa shape index (κ3) is 2.87. The van der Waals surface area contributed by atoms with Gasteiger partial charge in [0.15, 0.2) is 0 Å². The summed E-state index contributed by atoms with van der Waals surface area (Å²) in [6.45, 7) is 6.66. The van der Waals surface area contributed by atoms with E-state index in [9.17, 15) is 0 Å². The first-order valence-electron chi connectivity index (χ1n) is 5.36. The van der Waals surface area contributed by atoms with Crippen molar-refractivity contribution in [3.8, 4) is 0 Å². The number of rotatable bonds is 4. The van der Waals surface area contributed by atoms with Crippen LogP contribution in [0.3, 0.4) is 0 Å². The molecule has 0 aromatic heterocycles. The molecule has 0 radical (unpaired) electrons. The molecule has 0 unspecified atom stereocenters. The Morgan fingerprint density at radius 3 is 2.46 bits per heavy atom. The van der Waals surface area contributed by atoms with Gasteiger partial charge >= 0.3 is 0 Å². The summed E-state index contributed by atoms with van der Waals surface area (Å²) in [5.74, 6) is 0. The van der Waals surface area contributed by atoms with Crippen LogP contribution in [0.4, 0.5) is 0 Å². The van der Waals surface area contributed by atoms with Gasteiger partial charge in [-0.05, 0) is 37.3 Å². The third-order valence-corrected chi connectivity index (χ3v) is 2.54. The van der Waals surface area contributed by atoms with Crippen LogP contribution in [0.25, 0.3) is 0 Å². The molecule has 0 aliphatic rings. The van der Waals surface area contributed by atoms with Crippen LogP contribution < -0.4 is 0 Å². The molecule has 0 heterocycles. The molecule has 72 valence electrons. The van der Waals surface area contributed by atoms with Gasteiger partial charge in [-0.15, -0.1) is 0 Å². The van der Waals surface area contributed by atoms with Crippen molar-refractivity contribution >= 4 is 0 Å². The Bertz CT molecular complexity index is 261. The van der Waals surface area contributed by atoms with Crippen molar-refractivity contribution < 1.29 is 0 Å². The van der Waals surface area contributed by atoms with E-state index in [-0.39, 0.29) is 0 Å². The molecule has 0 atom stereocenters. The van der Waals surface area contributed by atoms with Crippen molar-refractivity contribution in [3.63, 3.8) is 0 Å². The highest BCUT2D eigenvalue weighted by atomic mass is 14.0. The van der Waals surface area contributed by atoms with Crippen molar-refractivity contribution in [2.75, 3.05) is 0 Å². The zero-order valence-corrected chi connectivity index (χ0v) is 9.06. The van der Waals surface area contributed by atoms with Gasteiger partial charge in [0, 0.05) is 0 Å². The Labute approximate surface area is 82.0 Å². The van der Waals surface area contributed by atoms with E-state index in [1.165, 1.54) is 36.8 Å². The SMILES string of the molecule is CCCCc1cc(C)ccc1CC. The first-order valence-corrected chi connectivity index (χ1v) is 5.36. The minimum atomic E-state index is 1.17. The number of aryl methyl sites for hydroxylation is 3. The number of benzene rings is 1. The second-order valence-electron chi connectivity index (χ2n) is 3.73. The van der Waals surface area contributed by atoms with Gasteiger partial charge in [-0.3, -0.25) is 0 Å². The minimum Gasteiger partial charge on any atom is -0.0654 e. The van der Waals surface area contributed by atoms with Gasteiger partial charge in [-0.25, -0.2) is 0 Å². The smallest absolute Gasteiger partial charge is 0.0276 e. The lowest BCUT2D eigenvalue weighted by Gasteiger charge is -2.08. The first-order chi connectivity index (χ1) is 6.27. The standard InChI is InChI=1S/C13H20/c1-4-6-7-13-10-11(3)8-9-12(13)5-2/h8-10H,4-7H2,1-3H3. The van der Waals surface area contributed by atoms with Gasteiger partial charge in [0.2, 0.25) is 0 Å². The molecule has 0 fully saturated rings. The van der Waals surface area contributed by atoms with Gasteiger partial charge in [-0.1, -0.05) is 44.0 Å². The summed E-state index contributed by atoms with van der Waals surface area (Å²) in [6, 6.07) is 6.84. The van der Waals surface area contributed by atoms with Crippen LogP contribution in [0.2, 0.25) is 0 Å². The zero-order chi connectivity index (χ0) is 9.68. The molecule has 0 saturated carbocycles. The van der Waals surface area contributed by atoms with E-state index < -0.39 is 0 Å². The third-order valence-electron chi connectivity index (χ3n) is 2.54. The molecule has 0 nitrogen and oxygen atoms in total. The predicted octanol–water partition coefficient (Wildman–Crippen LogP) is 3.90. The lowest BCUT2D eigenvalue weighted by Crippen LogP contribution is -1.93. The van der Waals surface area contributed by atoms with Crippen LogP contribution in [-0.2, 0) is 12.8 Å². The van der Waals surface area contributed by atoms with E-state index in [2.05, 4.69) is 39.0 Å². The zero-order valence-electron chi connectivity index (χ0n) is 9.06. The molecule has 1 aromatic rings. The van der Waals surface area contributed by atoms with E-state index in [0.29, 0.717) is 0 Å². The lowest BCUT2D eigenvalue weighted by molar-refractivity contribution is 0.786. The predicted molar refractivity (Wildman–Crippen MR) is 59.2 cm³/mol. The topological polar surface area (TPSA) is 0 Å². The Morgan fingerprint density at radius 1 is 1.08 bits per heavy atom. The van der Waals surface area contributed by atoms with E-state index in [1.807, 2.05) is 0 Å². The normalized spacial score (nSPS) is 10.4. The lowest BCUT2D eigenvalue weighted by atomic mass is 9.98. The fraction of sp³-hybridized carbons (Fsp3) is 0.538. The summed E-state index contributed by atoms with van der Waals surface area (Å²) in [7, 11) is 0. The van der Waals surface area contributed by atoms with Crippen LogP contribution in [0.1, 0.15) is 43.4 Å². The summed E-state index contributed by atoms with van der Waals surface area (Å²) in [5.41, 5.74) is 4.48. The average Bonchev–Trinajstić information content (AvgIpc) is 2.15. The van der Waals surface area contributed by atoms with Crippen molar-refractivity contribution in [2.24, 2.45) is 0 Å². The number of unbranched alkanes of at least 4 members (excludes halogenated alkanes) is 1. The fourth-order valence-corrected chi connectivity index (χ4v) is 1.70. The van der Waals surface area contributed by atoms with E-state index in [4.69, 9.17) is 0 Å². The second kappa shape index (κ2) is 5.06. The maximum atomic E-state index is 2.34. The monoisotopic (exact) mass is 176 g/mol. The highest BCUT2D eigenvalue weighted by Crippen LogP contribution is 2.15. The highest BCUT2D eigenvalue weighted by Gasteiger charge is 1.99. The van der Waals surface area contributed by atoms with Crippen LogP contribution in [-0.4, -0.2) is 0 Å². The molecule has 0 heteroatoms. The molecule has 0 amide bonds. The maximum Gasteiger partial charge on any atom is -0.0276 e. The van der Waals surface area contributed by atoms with E-state index in [0.717, 1.165) is 0 Å². The Morgan fingerprint density at radius 2 is 1.85 bits per heavy atom. The van der Waals surface area contributed by atoms with Crippen LogP contribution in [0.15, 0.2) is 18.2 Å². The summed E-state index contributed by atoms with van der Waals surface area (Å²) in [4.78, 5) is 0. The van der Waals surface area contributed by atoms with Crippen molar-refractivity contribution in [1.82, 2.24) is 0 Å². The van der Waals surface area contributed by atoms with Gasteiger partial charge in [0.1, 0.15) is 0 Å². The highest BCUT2D eigenvalue weighted by molar-refractivity contribution is 5.31. The molecule has 0 N–H and O–H groups in total. The average molecular weight is 176 g/mol. The van der Waals surface area contributed by atoms with Gasteiger partial charge < -0.3 is 0 Å². The van der Waals surface area contributed by atoms with Crippen molar-refractivity contribution in [2.45, 2.75) is 46.5 Å². The molecular formula is C13H20. The molecule has 0 bridgehead atoms. The van der Waals surface area contributed by atoms with Crippen molar-refractivity contribution in [1.29, 1.82) is 0 Å². The fourth-order valence-electron chi connectivity index (χ4n) is 1.70. The Balaban J connectivity index is 2.81. The molecule has 0 aliphatic heterocycles. The van der Waals surface area contributed by atoms with Crippen LogP contribution >= 0.6 is 0 Å². The minimum absolute atomic E-state index is 1.17. The van der Waals surface area contributed by atoms with Crippen LogP contribution in [0, 0.1) is 6.92 Å². The number of hydrogen-bond acceptors (Lipinski definition) is 0. The molecule has 0 spiro atoms. The summed E-state index contributed by atoms with van der Waals surface area (Å²) in [5, 5.41) is 0. The Kier molecular flexibility index (Phi) is 4.01. The maximum absolute atomic E-state index is 2.34. The Hall–Kier alpha value is -0.780. The molecule has 1 rings (SSSR count). The van der Waals surface area contributed by atoms with Gasteiger partial charge in [0.05, 0.1) is 0 Å². The molecule has 1 aromatic carbocycles.